The maximum absolute atomic E-state index is 10.8. The van der Waals surface area contributed by atoms with Gasteiger partial charge in [-0.2, -0.15) is 0 Å². The average Bonchev–Trinajstić information content (AvgIpc) is 2.13. The first-order valence-corrected chi connectivity index (χ1v) is 7.94. The second kappa shape index (κ2) is 8.96. The SMILES string of the molecule is CC(C)CCOCCNCCCS(C)(=O)=O. The molecule has 98 valence electrons. The van der Waals surface area contributed by atoms with Crippen LogP contribution in [0.4, 0.5) is 0 Å². The minimum Gasteiger partial charge on any atom is -0.380 e. The van der Waals surface area contributed by atoms with Crippen molar-refractivity contribution >= 4 is 9.84 Å². The summed E-state index contributed by atoms with van der Waals surface area (Å²) in [6.45, 7) is 7.39. The topological polar surface area (TPSA) is 55.4 Å². The summed E-state index contributed by atoms with van der Waals surface area (Å²) >= 11 is 0. The lowest BCUT2D eigenvalue weighted by molar-refractivity contribution is 0.125. The van der Waals surface area contributed by atoms with Gasteiger partial charge in [-0.05, 0) is 25.3 Å². The van der Waals surface area contributed by atoms with Crippen LogP contribution in [-0.4, -0.2) is 46.7 Å². The minimum absolute atomic E-state index is 0.258. The largest absolute Gasteiger partial charge is 0.380 e. The molecule has 0 unspecified atom stereocenters. The molecule has 0 radical (unpaired) electrons. The van der Waals surface area contributed by atoms with Crippen molar-refractivity contribution in [2.75, 3.05) is 38.3 Å². The molecule has 0 aromatic carbocycles. The standard InChI is InChI=1S/C11H25NO3S/c1-11(2)5-8-15-9-7-12-6-4-10-16(3,13)14/h11-12H,4-10H2,1-3H3. The summed E-state index contributed by atoms with van der Waals surface area (Å²) in [5, 5.41) is 3.16. The van der Waals surface area contributed by atoms with E-state index in [-0.39, 0.29) is 5.75 Å². The zero-order chi connectivity index (χ0) is 12.4. The first-order chi connectivity index (χ1) is 7.42. The Morgan fingerprint density at radius 3 is 2.44 bits per heavy atom. The van der Waals surface area contributed by atoms with Crippen LogP contribution in [0.3, 0.4) is 0 Å². The van der Waals surface area contributed by atoms with Gasteiger partial charge >= 0.3 is 0 Å². The summed E-state index contributed by atoms with van der Waals surface area (Å²) < 4.78 is 27.0. The van der Waals surface area contributed by atoms with E-state index >= 15 is 0 Å². The maximum atomic E-state index is 10.8. The van der Waals surface area contributed by atoms with Crippen LogP contribution in [0.2, 0.25) is 0 Å². The molecule has 16 heavy (non-hydrogen) atoms. The molecule has 0 spiro atoms. The molecule has 1 N–H and O–H groups in total. The van der Waals surface area contributed by atoms with Gasteiger partial charge in [0.2, 0.25) is 0 Å². The number of ether oxygens (including phenoxy) is 1. The lowest BCUT2D eigenvalue weighted by Gasteiger charge is -2.07. The Morgan fingerprint density at radius 2 is 1.88 bits per heavy atom. The number of sulfone groups is 1. The Morgan fingerprint density at radius 1 is 1.19 bits per heavy atom. The molecule has 0 rings (SSSR count). The number of hydrogen-bond acceptors (Lipinski definition) is 4. The Bertz CT molecular complexity index is 250. The van der Waals surface area contributed by atoms with Crippen LogP contribution in [0.15, 0.2) is 0 Å². The van der Waals surface area contributed by atoms with Crippen molar-refractivity contribution in [3.05, 3.63) is 0 Å². The molecule has 5 heteroatoms. The fraction of sp³-hybridized carbons (Fsp3) is 1.00. The van der Waals surface area contributed by atoms with E-state index < -0.39 is 9.84 Å². The van der Waals surface area contributed by atoms with E-state index in [1.54, 1.807) is 0 Å². The molecule has 0 aliphatic heterocycles. The first-order valence-electron chi connectivity index (χ1n) is 5.88. The Kier molecular flexibility index (Phi) is 8.89. The molecule has 0 fully saturated rings. The minimum atomic E-state index is -2.81. The van der Waals surface area contributed by atoms with Crippen molar-refractivity contribution in [1.29, 1.82) is 0 Å². The van der Waals surface area contributed by atoms with E-state index in [1.807, 2.05) is 0 Å². The molecule has 0 aliphatic rings. The predicted octanol–water partition coefficient (Wildman–Crippen LogP) is 1.07. The van der Waals surface area contributed by atoms with E-state index in [1.165, 1.54) is 6.26 Å². The highest BCUT2D eigenvalue weighted by Gasteiger charge is 2.00. The summed E-state index contributed by atoms with van der Waals surface area (Å²) in [5.74, 6) is 0.941. The van der Waals surface area contributed by atoms with Crippen molar-refractivity contribution in [1.82, 2.24) is 5.32 Å². The average molecular weight is 251 g/mol. The summed E-state index contributed by atoms with van der Waals surface area (Å²) in [6, 6.07) is 0. The van der Waals surface area contributed by atoms with Gasteiger partial charge in [-0.3, -0.25) is 0 Å². The van der Waals surface area contributed by atoms with Gasteiger partial charge in [0.1, 0.15) is 9.84 Å². The highest BCUT2D eigenvalue weighted by molar-refractivity contribution is 7.90. The van der Waals surface area contributed by atoms with Gasteiger partial charge in [0.05, 0.1) is 12.4 Å². The second-order valence-corrected chi connectivity index (χ2v) is 6.79. The summed E-state index contributed by atoms with van der Waals surface area (Å²) in [5.41, 5.74) is 0. The molecule has 0 aromatic heterocycles. The monoisotopic (exact) mass is 251 g/mol. The molecule has 0 saturated heterocycles. The van der Waals surface area contributed by atoms with Crippen molar-refractivity contribution in [2.45, 2.75) is 26.7 Å². The third kappa shape index (κ3) is 13.9. The molecular formula is C11H25NO3S. The summed E-state index contributed by atoms with van der Waals surface area (Å²) in [7, 11) is -2.81. The van der Waals surface area contributed by atoms with Crippen LogP contribution < -0.4 is 5.32 Å². The van der Waals surface area contributed by atoms with Crippen LogP contribution >= 0.6 is 0 Å². The van der Waals surface area contributed by atoms with Crippen LogP contribution in [0.1, 0.15) is 26.7 Å². The fourth-order valence-electron chi connectivity index (χ4n) is 1.15. The molecule has 0 saturated carbocycles. The second-order valence-electron chi connectivity index (χ2n) is 4.53. The van der Waals surface area contributed by atoms with Crippen molar-refractivity contribution in [3.63, 3.8) is 0 Å². The van der Waals surface area contributed by atoms with E-state index in [9.17, 15) is 8.42 Å². The zero-order valence-corrected chi connectivity index (χ0v) is 11.5. The van der Waals surface area contributed by atoms with Crippen LogP contribution in [0.5, 0.6) is 0 Å². The quantitative estimate of drug-likeness (QED) is 0.590. The molecule has 0 bridgehead atoms. The first kappa shape index (κ1) is 15.9. The lowest BCUT2D eigenvalue weighted by Crippen LogP contribution is -2.23. The lowest BCUT2D eigenvalue weighted by atomic mass is 10.1. The van der Waals surface area contributed by atoms with Gasteiger partial charge in [0, 0.05) is 19.4 Å². The van der Waals surface area contributed by atoms with Crippen LogP contribution in [-0.2, 0) is 14.6 Å². The van der Waals surface area contributed by atoms with E-state index in [2.05, 4.69) is 19.2 Å². The Hall–Kier alpha value is -0.130. The van der Waals surface area contributed by atoms with E-state index in [0.717, 1.165) is 26.1 Å². The highest BCUT2D eigenvalue weighted by Crippen LogP contribution is 1.98. The van der Waals surface area contributed by atoms with Crippen molar-refractivity contribution in [3.8, 4) is 0 Å². The third-order valence-electron chi connectivity index (χ3n) is 2.13. The maximum Gasteiger partial charge on any atom is 0.147 e. The molecule has 0 heterocycles. The van der Waals surface area contributed by atoms with E-state index in [0.29, 0.717) is 18.9 Å². The highest BCUT2D eigenvalue weighted by atomic mass is 32.2. The number of nitrogens with one attached hydrogen (secondary N) is 1. The van der Waals surface area contributed by atoms with Gasteiger partial charge in [0.25, 0.3) is 0 Å². The molecule has 0 aromatic rings. The van der Waals surface area contributed by atoms with Gasteiger partial charge < -0.3 is 10.1 Å². The van der Waals surface area contributed by atoms with Crippen LogP contribution in [0, 0.1) is 5.92 Å². The van der Waals surface area contributed by atoms with Crippen molar-refractivity contribution in [2.24, 2.45) is 5.92 Å². The van der Waals surface area contributed by atoms with E-state index in [4.69, 9.17) is 4.74 Å². The normalized spacial score (nSPS) is 12.2. The summed E-state index contributed by atoms with van der Waals surface area (Å²) in [4.78, 5) is 0. The molecule has 0 atom stereocenters. The Labute approximate surface area is 99.7 Å². The number of hydrogen-bond donors (Lipinski definition) is 1. The van der Waals surface area contributed by atoms with Gasteiger partial charge in [-0.1, -0.05) is 13.8 Å². The summed E-state index contributed by atoms with van der Waals surface area (Å²) in [6.07, 6.45) is 3.03. The van der Waals surface area contributed by atoms with Gasteiger partial charge in [-0.25, -0.2) is 8.42 Å². The smallest absolute Gasteiger partial charge is 0.147 e. The molecule has 0 aliphatic carbocycles. The zero-order valence-electron chi connectivity index (χ0n) is 10.7. The van der Waals surface area contributed by atoms with Crippen LogP contribution in [0.25, 0.3) is 0 Å². The fourth-order valence-corrected chi connectivity index (χ4v) is 1.82. The van der Waals surface area contributed by atoms with Gasteiger partial charge in [-0.15, -0.1) is 0 Å². The molecule has 0 amide bonds. The third-order valence-corrected chi connectivity index (χ3v) is 3.16. The Balaban J connectivity index is 3.10. The van der Waals surface area contributed by atoms with Crippen molar-refractivity contribution < 1.29 is 13.2 Å². The van der Waals surface area contributed by atoms with Gasteiger partial charge in [0.15, 0.2) is 0 Å². The molecule has 4 nitrogen and oxygen atoms in total. The molecular weight excluding hydrogens is 226 g/mol. The predicted molar refractivity (Wildman–Crippen MR) is 67.5 cm³/mol. The number of rotatable bonds is 10.